The van der Waals surface area contributed by atoms with Gasteiger partial charge in [-0.1, -0.05) is 17.7 Å². The Labute approximate surface area is 153 Å². The minimum Gasteiger partial charge on any atom is -0.477 e. The molecule has 1 aliphatic heterocycles. The maximum absolute atomic E-state index is 13.0. The molecule has 0 atom stereocenters. The van der Waals surface area contributed by atoms with Gasteiger partial charge in [0.15, 0.2) is 0 Å². The number of carbonyl (C=O) groups is 1. The van der Waals surface area contributed by atoms with E-state index in [1.807, 2.05) is 4.90 Å². The molecule has 0 bridgehead atoms. The average Bonchev–Trinajstić information content (AvgIpc) is 2.61. The number of aromatic nitrogens is 2. The van der Waals surface area contributed by atoms with E-state index in [-0.39, 0.29) is 17.8 Å². The number of carboxylic acid groups (broad SMARTS) is 1. The number of hydrogen-bond donors (Lipinski definition) is 2. The normalized spacial score (nSPS) is 15.2. The van der Waals surface area contributed by atoms with Crippen molar-refractivity contribution in [1.29, 1.82) is 0 Å². The molecule has 0 saturated carbocycles. The summed E-state index contributed by atoms with van der Waals surface area (Å²) in [5.41, 5.74) is -0.960. The van der Waals surface area contributed by atoms with Crippen LogP contribution in [0.1, 0.15) is 21.6 Å². The Kier molecular flexibility index (Phi) is 5.26. The highest BCUT2D eigenvalue weighted by atomic mass is 35.5. The van der Waals surface area contributed by atoms with Crippen LogP contribution in [0.15, 0.2) is 27.8 Å². The van der Waals surface area contributed by atoms with E-state index < -0.39 is 17.2 Å². The lowest BCUT2D eigenvalue weighted by atomic mass is 10.1. The summed E-state index contributed by atoms with van der Waals surface area (Å²) in [7, 11) is 0. The molecular weight excluding hydrogens is 362 g/mol. The predicted molar refractivity (Wildman–Crippen MR) is 95.5 cm³/mol. The van der Waals surface area contributed by atoms with Crippen molar-refractivity contribution in [3.05, 3.63) is 60.9 Å². The van der Waals surface area contributed by atoms with Gasteiger partial charge in [-0.3, -0.25) is 9.69 Å². The number of aromatic amines is 1. The van der Waals surface area contributed by atoms with E-state index in [2.05, 4.69) is 4.98 Å². The summed E-state index contributed by atoms with van der Waals surface area (Å²) in [5.74, 6) is -1.35. The predicted octanol–water partition coefficient (Wildman–Crippen LogP) is 1.02. The summed E-state index contributed by atoms with van der Waals surface area (Å²) in [6, 6.07) is 4.87. The number of carboxylic acids is 1. The third kappa shape index (κ3) is 3.44. The molecule has 2 N–H and O–H groups in total. The number of rotatable bonds is 4. The second kappa shape index (κ2) is 7.45. The van der Waals surface area contributed by atoms with Gasteiger partial charge < -0.3 is 14.8 Å². The molecule has 8 nitrogen and oxygen atoms in total. The summed E-state index contributed by atoms with van der Waals surface area (Å²) in [4.78, 5) is 41.3. The molecule has 138 valence electrons. The van der Waals surface area contributed by atoms with Gasteiger partial charge in [0.1, 0.15) is 5.69 Å². The second-order valence-electron chi connectivity index (χ2n) is 6.00. The Morgan fingerprint density at radius 1 is 1.31 bits per heavy atom. The van der Waals surface area contributed by atoms with Crippen LogP contribution in [0.4, 0.5) is 0 Å². The highest BCUT2D eigenvalue weighted by Gasteiger charge is 2.23. The standard InChI is InChI=1S/C17H18ClN3O5/c1-10-12(18)3-2-4-13(10)21-15(22)11(9-20-5-7-26-8-6-20)14(16(23)24)19-17(21)25/h2-4H,5-9H2,1H3,(H,19,25)(H,23,24). The van der Waals surface area contributed by atoms with Gasteiger partial charge in [0.25, 0.3) is 5.56 Å². The monoisotopic (exact) mass is 379 g/mol. The Balaban J connectivity index is 2.19. The fraction of sp³-hybridized carbons (Fsp3) is 0.353. The zero-order valence-electron chi connectivity index (χ0n) is 14.1. The Bertz CT molecular complexity index is 960. The van der Waals surface area contributed by atoms with Crippen LogP contribution in [0.25, 0.3) is 5.69 Å². The van der Waals surface area contributed by atoms with Crippen LogP contribution >= 0.6 is 11.6 Å². The number of H-pyrrole nitrogens is 1. The smallest absolute Gasteiger partial charge is 0.352 e. The molecule has 0 spiro atoms. The first-order valence-electron chi connectivity index (χ1n) is 8.07. The Morgan fingerprint density at radius 2 is 2.00 bits per heavy atom. The van der Waals surface area contributed by atoms with E-state index in [1.165, 1.54) is 0 Å². The van der Waals surface area contributed by atoms with Crippen LogP contribution < -0.4 is 11.2 Å². The largest absolute Gasteiger partial charge is 0.477 e. The molecule has 3 rings (SSSR count). The zero-order chi connectivity index (χ0) is 18.8. The zero-order valence-corrected chi connectivity index (χ0v) is 14.9. The first kappa shape index (κ1) is 18.4. The summed E-state index contributed by atoms with van der Waals surface area (Å²) in [6.45, 7) is 3.97. The molecule has 0 unspecified atom stereocenters. The lowest BCUT2D eigenvalue weighted by molar-refractivity contribution is 0.0336. The first-order chi connectivity index (χ1) is 12.4. The van der Waals surface area contributed by atoms with Gasteiger partial charge >= 0.3 is 11.7 Å². The number of morpholine rings is 1. The van der Waals surface area contributed by atoms with Crippen molar-refractivity contribution in [3.8, 4) is 5.69 Å². The summed E-state index contributed by atoms with van der Waals surface area (Å²) < 4.78 is 6.21. The number of halogens is 1. The minimum absolute atomic E-state index is 0.0263. The minimum atomic E-state index is -1.35. The van der Waals surface area contributed by atoms with Crippen molar-refractivity contribution in [3.63, 3.8) is 0 Å². The van der Waals surface area contributed by atoms with Gasteiger partial charge in [0.2, 0.25) is 0 Å². The van der Waals surface area contributed by atoms with Gasteiger partial charge in [0, 0.05) is 24.7 Å². The third-order valence-corrected chi connectivity index (χ3v) is 4.79. The fourth-order valence-corrected chi connectivity index (χ4v) is 3.11. The van der Waals surface area contributed by atoms with Crippen LogP contribution in [0.3, 0.4) is 0 Å². The van der Waals surface area contributed by atoms with Crippen molar-refractivity contribution in [2.24, 2.45) is 0 Å². The Hall–Kier alpha value is -2.42. The summed E-state index contributed by atoms with van der Waals surface area (Å²) in [5, 5.41) is 9.83. The number of ether oxygens (including phenoxy) is 1. The molecule has 2 aromatic rings. The molecule has 1 aliphatic rings. The summed E-state index contributed by atoms with van der Waals surface area (Å²) >= 11 is 6.10. The van der Waals surface area contributed by atoms with Gasteiger partial charge in [-0.15, -0.1) is 0 Å². The molecule has 2 heterocycles. The molecule has 0 amide bonds. The first-order valence-corrected chi connectivity index (χ1v) is 8.45. The molecular formula is C17H18ClN3O5. The van der Waals surface area contributed by atoms with Crippen LogP contribution in [-0.4, -0.2) is 51.8 Å². The van der Waals surface area contributed by atoms with Crippen molar-refractivity contribution >= 4 is 17.6 Å². The lowest BCUT2D eigenvalue weighted by Gasteiger charge is -2.26. The molecule has 0 radical (unpaired) electrons. The average molecular weight is 380 g/mol. The third-order valence-electron chi connectivity index (χ3n) is 4.38. The molecule has 1 aromatic carbocycles. The maximum Gasteiger partial charge on any atom is 0.352 e. The molecule has 1 aromatic heterocycles. The number of hydrogen-bond acceptors (Lipinski definition) is 5. The number of aromatic carboxylic acids is 1. The van der Waals surface area contributed by atoms with Crippen molar-refractivity contribution < 1.29 is 14.6 Å². The quantitative estimate of drug-likeness (QED) is 0.821. The van der Waals surface area contributed by atoms with E-state index in [9.17, 15) is 19.5 Å². The Morgan fingerprint density at radius 3 is 2.65 bits per heavy atom. The van der Waals surface area contributed by atoms with E-state index in [1.54, 1.807) is 25.1 Å². The molecule has 26 heavy (non-hydrogen) atoms. The fourth-order valence-electron chi connectivity index (χ4n) is 2.94. The molecule has 9 heteroatoms. The highest BCUT2D eigenvalue weighted by molar-refractivity contribution is 6.31. The van der Waals surface area contributed by atoms with E-state index in [4.69, 9.17) is 16.3 Å². The van der Waals surface area contributed by atoms with Crippen molar-refractivity contribution in [1.82, 2.24) is 14.5 Å². The van der Waals surface area contributed by atoms with Crippen LogP contribution in [-0.2, 0) is 11.3 Å². The van der Waals surface area contributed by atoms with Crippen molar-refractivity contribution in [2.45, 2.75) is 13.5 Å². The van der Waals surface area contributed by atoms with Crippen LogP contribution in [0.2, 0.25) is 5.02 Å². The lowest BCUT2D eigenvalue weighted by Crippen LogP contribution is -2.43. The molecule has 1 saturated heterocycles. The van der Waals surface area contributed by atoms with Gasteiger partial charge in [-0.05, 0) is 24.6 Å². The van der Waals surface area contributed by atoms with E-state index in [0.29, 0.717) is 42.6 Å². The van der Waals surface area contributed by atoms with Crippen LogP contribution in [0, 0.1) is 6.92 Å². The molecule has 0 aliphatic carbocycles. The van der Waals surface area contributed by atoms with Gasteiger partial charge in [-0.2, -0.15) is 0 Å². The van der Waals surface area contributed by atoms with Crippen molar-refractivity contribution in [2.75, 3.05) is 26.3 Å². The van der Waals surface area contributed by atoms with Gasteiger partial charge in [-0.25, -0.2) is 14.2 Å². The number of nitrogens with one attached hydrogen (secondary N) is 1. The SMILES string of the molecule is Cc1c(Cl)cccc1-n1c(=O)[nH]c(C(=O)O)c(CN2CCOCC2)c1=O. The maximum atomic E-state index is 13.0. The topological polar surface area (TPSA) is 105 Å². The van der Waals surface area contributed by atoms with E-state index >= 15 is 0 Å². The van der Waals surface area contributed by atoms with Crippen LogP contribution in [0.5, 0.6) is 0 Å². The van der Waals surface area contributed by atoms with E-state index in [0.717, 1.165) is 4.57 Å². The molecule has 1 fully saturated rings. The summed E-state index contributed by atoms with van der Waals surface area (Å²) in [6.07, 6.45) is 0. The van der Waals surface area contributed by atoms with Gasteiger partial charge in [0.05, 0.1) is 24.5 Å². The highest BCUT2D eigenvalue weighted by Crippen LogP contribution is 2.20. The number of benzene rings is 1. The second-order valence-corrected chi connectivity index (χ2v) is 6.41. The number of nitrogens with zero attached hydrogens (tertiary/aromatic N) is 2.